The summed E-state index contributed by atoms with van der Waals surface area (Å²) < 4.78 is 2.20. The molecule has 8 heteroatoms. The summed E-state index contributed by atoms with van der Waals surface area (Å²) in [5.74, 6) is 0.0851. The fourth-order valence-corrected chi connectivity index (χ4v) is 5.44. The molecule has 1 aliphatic heterocycles. The summed E-state index contributed by atoms with van der Waals surface area (Å²) in [4.78, 5) is 26.2. The lowest BCUT2D eigenvalue weighted by Crippen LogP contribution is -2.48. The number of rotatable bonds is 2. The third kappa shape index (κ3) is 3.03. The summed E-state index contributed by atoms with van der Waals surface area (Å²) >= 11 is 9.47. The maximum atomic E-state index is 12.9. The highest BCUT2D eigenvalue weighted by molar-refractivity contribution is 7.22. The number of anilines is 1. The highest BCUT2D eigenvalue weighted by Gasteiger charge is 2.24. The molecule has 1 amide bonds. The second-order valence-electron chi connectivity index (χ2n) is 6.83. The second-order valence-corrected chi connectivity index (χ2v) is 9.13. The van der Waals surface area contributed by atoms with Gasteiger partial charge >= 0.3 is 0 Å². The molecule has 4 aromatic rings. The Hall–Kier alpha value is -2.22. The van der Waals surface area contributed by atoms with E-state index in [1.54, 1.807) is 22.7 Å². The van der Waals surface area contributed by atoms with Crippen LogP contribution in [0.1, 0.15) is 15.9 Å². The average molecular weight is 429 g/mol. The van der Waals surface area contributed by atoms with E-state index in [9.17, 15) is 4.79 Å². The minimum absolute atomic E-state index is 0.0851. The molecule has 5 rings (SSSR count). The molecule has 0 unspecified atom stereocenters. The number of carbonyl (C=O) groups is 1. The van der Waals surface area contributed by atoms with Gasteiger partial charge in [0.2, 0.25) is 0 Å². The van der Waals surface area contributed by atoms with Crippen LogP contribution in [0.2, 0.25) is 5.02 Å². The van der Waals surface area contributed by atoms with Gasteiger partial charge in [-0.2, -0.15) is 0 Å². The van der Waals surface area contributed by atoms with Crippen molar-refractivity contribution in [2.24, 2.45) is 0 Å². The van der Waals surface area contributed by atoms with Crippen LogP contribution in [0.4, 0.5) is 5.13 Å². The lowest BCUT2D eigenvalue weighted by atomic mass is 10.1. The zero-order chi connectivity index (χ0) is 19.3. The Labute approximate surface area is 175 Å². The third-order valence-corrected chi connectivity index (χ3v) is 7.43. The van der Waals surface area contributed by atoms with Gasteiger partial charge in [-0.1, -0.05) is 22.9 Å². The van der Waals surface area contributed by atoms with Crippen molar-refractivity contribution in [3.8, 4) is 0 Å². The number of hydrogen-bond donors (Lipinski definition) is 0. The summed E-state index contributed by atoms with van der Waals surface area (Å²) in [6.07, 6.45) is 0. The minimum atomic E-state index is 0.0851. The minimum Gasteiger partial charge on any atom is -0.345 e. The molecule has 0 saturated carbocycles. The van der Waals surface area contributed by atoms with Crippen molar-refractivity contribution in [1.29, 1.82) is 0 Å². The highest BCUT2D eigenvalue weighted by atomic mass is 35.5. The monoisotopic (exact) mass is 428 g/mol. The van der Waals surface area contributed by atoms with Crippen molar-refractivity contribution in [1.82, 2.24) is 14.9 Å². The fourth-order valence-electron chi connectivity index (χ4n) is 3.50. The molecular formula is C20H17ClN4OS2. The lowest BCUT2D eigenvalue weighted by Gasteiger charge is -2.34. The fraction of sp³-hybridized carbons (Fsp3) is 0.250. The Morgan fingerprint density at radius 3 is 2.75 bits per heavy atom. The van der Waals surface area contributed by atoms with E-state index in [0.29, 0.717) is 13.1 Å². The molecule has 142 valence electrons. The summed E-state index contributed by atoms with van der Waals surface area (Å²) in [7, 11) is 0. The zero-order valence-corrected chi connectivity index (χ0v) is 17.6. The van der Waals surface area contributed by atoms with E-state index < -0.39 is 0 Å². The molecule has 28 heavy (non-hydrogen) atoms. The van der Waals surface area contributed by atoms with E-state index in [4.69, 9.17) is 16.6 Å². The first-order valence-corrected chi connectivity index (χ1v) is 11.1. The summed E-state index contributed by atoms with van der Waals surface area (Å²) in [6.45, 7) is 4.94. The Bertz CT molecular complexity index is 1190. The number of nitrogens with zero attached hydrogens (tertiary/aromatic N) is 4. The Morgan fingerprint density at radius 2 is 1.93 bits per heavy atom. The number of aryl methyl sites for hydroxylation is 1. The number of fused-ring (bicyclic) bond motifs is 2. The standard InChI is InChI=1S/C20H17ClN4OS2/c1-12-14(21)3-5-16-18(12)23-20(28-16)25-8-6-24(7-9-25)19(26)13-2-4-15-17(10-13)27-11-22-15/h2-5,10-11H,6-9H2,1H3. The van der Waals surface area contributed by atoms with Crippen molar-refractivity contribution in [3.63, 3.8) is 0 Å². The quantitative estimate of drug-likeness (QED) is 0.458. The van der Waals surface area contributed by atoms with Gasteiger partial charge in [0, 0.05) is 36.8 Å². The van der Waals surface area contributed by atoms with Crippen LogP contribution in [0.5, 0.6) is 0 Å². The SMILES string of the molecule is Cc1c(Cl)ccc2sc(N3CCN(C(=O)c4ccc5ncsc5c4)CC3)nc12. The first kappa shape index (κ1) is 17.8. The van der Waals surface area contributed by atoms with Crippen molar-refractivity contribution < 1.29 is 4.79 Å². The number of aromatic nitrogens is 2. The number of benzene rings is 2. The van der Waals surface area contributed by atoms with Crippen molar-refractivity contribution in [2.45, 2.75) is 6.92 Å². The Balaban J connectivity index is 1.32. The molecule has 5 nitrogen and oxygen atoms in total. The van der Waals surface area contributed by atoms with Crippen LogP contribution in [0.25, 0.3) is 20.4 Å². The normalized spacial score (nSPS) is 14.9. The number of piperazine rings is 1. The lowest BCUT2D eigenvalue weighted by molar-refractivity contribution is 0.0747. The van der Waals surface area contributed by atoms with Crippen LogP contribution in [0, 0.1) is 6.92 Å². The number of carbonyl (C=O) groups excluding carboxylic acids is 1. The van der Waals surface area contributed by atoms with E-state index in [1.807, 2.05) is 47.7 Å². The maximum Gasteiger partial charge on any atom is 0.254 e. The molecule has 0 N–H and O–H groups in total. The Morgan fingerprint density at radius 1 is 1.11 bits per heavy atom. The highest BCUT2D eigenvalue weighted by Crippen LogP contribution is 2.34. The smallest absolute Gasteiger partial charge is 0.254 e. The van der Waals surface area contributed by atoms with Gasteiger partial charge in [-0.25, -0.2) is 9.97 Å². The first-order valence-electron chi connectivity index (χ1n) is 9.03. The van der Waals surface area contributed by atoms with Crippen molar-refractivity contribution in [2.75, 3.05) is 31.1 Å². The number of amides is 1. The molecule has 0 spiro atoms. The summed E-state index contributed by atoms with van der Waals surface area (Å²) in [5.41, 5.74) is 5.48. The van der Waals surface area contributed by atoms with Gasteiger partial charge in [-0.15, -0.1) is 11.3 Å². The molecular weight excluding hydrogens is 412 g/mol. The zero-order valence-electron chi connectivity index (χ0n) is 15.2. The number of hydrogen-bond acceptors (Lipinski definition) is 6. The molecule has 1 fully saturated rings. The van der Waals surface area contributed by atoms with Crippen LogP contribution in [-0.2, 0) is 0 Å². The van der Waals surface area contributed by atoms with Crippen LogP contribution < -0.4 is 4.90 Å². The van der Waals surface area contributed by atoms with Crippen LogP contribution in [-0.4, -0.2) is 47.0 Å². The molecule has 3 heterocycles. The van der Waals surface area contributed by atoms with Crippen LogP contribution in [0.15, 0.2) is 35.8 Å². The Kier molecular flexibility index (Phi) is 4.45. The van der Waals surface area contributed by atoms with E-state index in [2.05, 4.69) is 9.88 Å². The van der Waals surface area contributed by atoms with Gasteiger partial charge in [0.25, 0.3) is 5.91 Å². The third-order valence-electron chi connectivity index (χ3n) is 5.15. The van der Waals surface area contributed by atoms with E-state index in [0.717, 1.165) is 54.8 Å². The average Bonchev–Trinajstić information content (AvgIpc) is 3.37. The predicted molar refractivity (Wildman–Crippen MR) is 117 cm³/mol. The van der Waals surface area contributed by atoms with E-state index in [-0.39, 0.29) is 5.91 Å². The van der Waals surface area contributed by atoms with Gasteiger partial charge in [0.15, 0.2) is 5.13 Å². The van der Waals surface area contributed by atoms with Gasteiger partial charge < -0.3 is 9.80 Å². The molecule has 1 aliphatic rings. The summed E-state index contributed by atoms with van der Waals surface area (Å²) in [5, 5.41) is 1.75. The predicted octanol–water partition coefficient (Wildman–Crippen LogP) is 4.83. The van der Waals surface area contributed by atoms with E-state index in [1.165, 1.54) is 0 Å². The van der Waals surface area contributed by atoms with Crippen molar-refractivity contribution >= 4 is 65.7 Å². The largest absolute Gasteiger partial charge is 0.345 e. The molecule has 0 bridgehead atoms. The maximum absolute atomic E-state index is 12.9. The van der Waals surface area contributed by atoms with Crippen molar-refractivity contribution in [3.05, 3.63) is 52.0 Å². The molecule has 0 radical (unpaired) electrons. The van der Waals surface area contributed by atoms with Crippen LogP contribution >= 0.6 is 34.3 Å². The van der Waals surface area contributed by atoms with Gasteiger partial charge in [0.05, 0.1) is 25.9 Å². The molecule has 2 aromatic carbocycles. The molecule has 0 aliphatic carbocycles. The van der Waals surface area contributed by atoms with Gasteiger partial charge in [0.1, 0.15) is 0 Å². The first-order chi connectivity index (χ1) is 13.6. The van der Waals surface area contributed by atoms with E-state index >= 15 is 0 Å². The number of halogens is 1. The molecule has 2 aromatic heterocycles. The second kappa shape index (κ2) is 6.99. The van der Waals surface area contributed by atoms with Gasteiger partial charge in [-0.3, -0.25) is 4.79 Å². The van der Waals surface area contributed by atoms with Crippen LogP contribution in [0.3, 0.4) is 0 Å². The molecule has 0 atom stereocenters. The molecule has 1 saturated heterocycles. The summed E-state index contributed by atoms with van der Waals surface area (Å²) in [6, 6.07) is 9.70. The number of thiazole rings is 2. The topological polar surface area (TPSA) is 49.3 Å². The van der Waals surface area contributed by atoms with Gasteiger partial charge in [-0.05, 0) is 42.8 Å².